The van der Waals surface area contributed by atoms with E-state index in [1.165, 1.54) is 0 Å². The van der Waals surface area contributed by atoms with E-state index in [0.717, 1.165) is 11.1 Å². The van der Waals surface area contributed by atoms with E-state index in [4.69, 9.17) is 16.3 Å². The Morgan fingerprint density at radius 3 is 2.39 bits per heavy atom. The van der Waals surface area contributed by atoms with Gasteiger partial charge in [-0.25, -0.2) is 0 Å². The predicted molar refractivity (Wildman–Crippen MR) is 113 cm³/mol. The van der Waals surface area contributed by atoms with Crippen molar-refractivity contribution in [2.75, 3.05) is 12.4 Å². The number of hydrogen-bond donors (Lipinski definition) is 2. The molecule has 3 N–H and O–H groups in total. The molecule has 4 nitrogen and oxygen atoms in total. The maximum atomic E-state index is 13.1. The van der Waals surface area contributed by atoms with Crippen LogP contribution in [-0.4, -0.2) is 13.0 Å². The molecular formula is C23H24ClN2O2+. The second-order valence-electron chi connectivity index (χ2n) is 6.65. The van der Waals surface area contributed by atoms with Crippen LogP contribution in [0.5, 0.6) is 5.75 Å². The fourth-order valence-electron chi connectivity index (χ4n) is 3.12. The summed E-state index contributed by atoms with van der Waals surface area (Å²) in [6.45, 7) is 2.07. The Balaban J connectivity index is 1.83. The molecule has 0 unspecified atom stereocenters. The number of amides is 1. The Morgan fingerprint density at radius 2 is 1.68 bits per heavy atom. The molecule has 3 aromatic carbocycles. The van der Waals surface area contributed by atoms with Crippen LogP contribution < -0.4 is 15.4 Å². The molecule has 0 saturated carbocycles. The molecule has 2 atom stereocenters. The van der Waals surface area contributed by atoms with Crippen LogP contribution in [0.2, 0.25) is 5.02 Å². The lowest BCUT2D eigenvalue weighted by atomic mass is 10.0. The summed E-state index contributed by atoms with van der Waals surface area (Å²) in [5.41, 5.74) is 2.72. The summed E-state index contributed by atoms with van der Waals surface area (Å²) in [6, 6.07) is 24.5. The van der Waals surface area contributed by atoms with Crippen molar-refractivity contribution in [1.82, 2.24) is 0 Å². The van der Waals surface area contributed by atoms with E-state index >= 15 is 0 Å². The number of nitrogens with one attached hydrogen (secondary N) is 1. The largest absolute Gasteiger partial charge is 0.497 e. The molecule has 0 radical (unpaired) electrons. The van der Waals surface area contributed by atoms with Gasteiger partial charge in [0.25, 0.3) is 5.91 Å². The minimum absolute atomic E-state index is 0.0555. The highest BCUT2D eigenvalue weighted by Crippen LogP contribution is 2.20. The highest BCUT2D eigenvalue weighted by atomic mass is 35.5. The number of carbonyl (C=O) groups excluding carboxylic acids is 1. The second kappa shape index (κ2) is 9.40. The van der Waals surface area contributed by atoms with E-state index in [2.05, 4.69) is 17.6 Å². The number of nitrogens with two attached hydrogens (primary N) is 1. The standard InChI is InChI=1S/C23H23ClN2O2/c1-16(18-10-6-11-19(24)14-18)25-22(17-8-4-3-5-9-17)23(27)26-20-12-7-13-21(15-20)28-2/h3-16,22,25H,1-2H3,(H,26,27)/p+1/t16-,22-/m1/s1. The van der Waals surface area contributed by atoms with Gasteiger partial charge in [-0.3, -0.25) is 4.79 Å². The van der Waals surface area contributed by atoms with Gasteiger partial charge in [-0.2, -0.15) is 0 Å². The van der Waals surface area contributed by atoms with Gasteiger partial charge >= 0.3 is 0 Å². The van der Waals surface area contributed by atoms with Crippen LogP contribution in [-0.2, 0) is 4.79 Å². The summed E-state index contributed by atoms with van der Waals surface area (Å²) in [5, 5.41) is 5.75. The number of ether oxygens (including phenoxy) is 1. The fraction of sp³-hybridized carbons (Fsp3) is 0.174. The molecule has 28 heavy (non-hydrogen) atoms. The summed E-state index contributed by atoms with van der Waals surface area (Å²) < 4.78 is 5.24. The van der Waals surface area contributed by atoms with Gasteiger partial charge in [0.05, 0.1) is 7.11 Å². The molecular weight excluding hydrogens is 372 g/mol. The number of carbonyl (C=O) groups is 1. The minimum Gasteiger partial charge on any atom is -0.497 e. The molecule has 0 aliphatic heterocycles. The monoisotopic (exact) mass is 395 g/mol. The predicted octanol–water partition coefficient (Wildman–Crippen LogP) is 4.35. The molecule has 0 heterocycles. The maximum Gasteiger partial charge on any atom is 0.287 e. The van der Waals surface area contributed by atoms with Crippen LogP contribution in [0.3, 0.4) is 0 Å². The van der Waals surface area contributed by atoms with Crippen molar-refractivity contribution in [3.63, 3.8) is 0 Å². The van der Waals surface area contributed by atoms with Gasteiger partial charge in [-0.1, -0.05) is 60.1 Å². The van der Waals surface area contributed by atoms with Gasteiger partial charge in [-0.05, 0) is 31.2 Å². The number of benzene rings is 3. The molecule has 0 aliphatic rings. The van der Waals surface area contributed by atoms with E-state index in [9.17, 15) is 4.79 Å². The highest BCUT2D eigenvalue weighted by molar-refractivity contribution is 6.30. The minimum atomic E-state index is -0.401. The average molecular weight is 396 g/mol. The summed E-state index contributed by atoms with van der Waals surface area (Å²) in [7, 11) is 1.61. The zero-order valence-corrected chi connectivity index (χ0v) is 16.7. The Kier molecular flexibility index (Phi) is 6.69. The summed E-state index contributed by atoms with van der Waals surface area (Å²) in [6.07, 6.45) is 0. The quantitative estimate of drug-likeness (QED) is 0.624. The highest BCUT2D eigenvalue weighted by Gasteiger charge is 2.27. The number of halogens is 1. The van der Waals surface area contributed by atoms with E-state index in [0.29, 0.717) is 16.5 Å². The topological polar surface area (TPSA) is 54.9 Å². The van der Waals surface area contributed by atoms with Crippen molar-refractivity contribution < 1.29 is 14.8 Å². The maximum absolute atomic E-state index is 13.1. The van der Waals surface area contributed by atoms with Crippen LogP contribution in [0, 0.1) is 0 Å². The van der Waals surface area contributed by atoms with E-state index in [1.54, 1.807) is 13.2 Å². The molecule has 0 aromatic heterocycles. The second-order valence-corrected chi connectivity index (χ2v) is 7.08. The number of anilines is 1. The fourth-order valence-corrected chi connectivity index (χ4v) is 3.32. The molecule has 0 aliphatic carbocycles. The number of hydrogen-bond acceptors (Lipinski definition) is 2. The van der Waals surface area contributed by atoms with Crippen molar-refractivity contribution in [3.05, 3.63) is 95.0 Å². The molecule has 1 amide bonds. The van der Waals surface area contributed by atoms with Crippen LogP contribution >= 0.6 is 11.6 Å². The van der Waals surface area contributed by atoms with Gasteiger partial charge in [0, 0.05) is 27.9 Å². The van der Waals surface area contributed by atoms with Gasteiger partial charge in [0.1, 0.15) is 11.8 Å². The number of rotatable bonds is 7. The van der Waals surface area contributed by atoms with Crippen molar-refractivity contribution >= 4 is 23.2 Å². The third kappa shape index (κ3) is 5.12. The molecule has 0 spiro atoms. The lowest BCUT2D eigenvalue weighted by molar-refractivity contribution is -0.718. The molecule has 5 heteroatoms. The molecule has 3 aromatic rings. The lowest BCUT2D eigenvalue weighted by Crippen LogP contribution is -2.87. The van der Waals surface area contributed by atoms with E-state index in [1.807, 2.05) is 72.8 Å². The summed E-state index contributed by atoms with van der Waals surface area (Å²) >= 11 is 6.14. The normalized spacial score (nSPS) is 12.8. The van der Waals surface area contributed by atoms with Gasteiger partial charge in [0.15, 0.2) is 6.04 Å². The third-order valence-electron chi connectivity index (χ3n) is 4.63. The SMILES string of the molecule is COc1cccc(NC(=O)[C@H]([NH2+][C@H](C)c2cccc(Cl)c2)c2ccccc2)c1. The summed E-state index contributed by atoms with van der Waals surface area (Å²) in [5.74, 6) is 0.610. The van der Waals surface area contributed by atoms with Crippen LogP contribution in [0.1, 0.15) is 30.1 Å². The van der Waals surface area contributed by atoms with Gasteiger partial charge in [0.2, 0.25) is 0 Å². The average Bonchev–Trinajstić information content (AvgIpc) is 2.72. The van der Waals surface area contributed by atoms with Crippen molar-refractivity contribution in [2.45, 2.75) is 19.0 Å². The van der Waals surface area contributed by atoms with Crippen LogP contribution in [0.4, 0.5) is 5.69 Å². The van der Waals surface area contributed by atoms with E-state index in [-0.39, 0.29) is 11.9 Å². The smallest absolute Gasteiger partial charge is 0.287 e. The lowest BCUT2D eigenvalue weighted by Gasteiger charge is -2.20. The van der Waals surface area contributed by atoms with Crippen molar-refractivity contribution in [3.8, 4) is 5.75 Å². The molecule has 144 valence electrons. The Labute approximate surface area is 170 Å². The molecule has 0 fully saturated rings. The van der Waals surface area contributed by atoms with Crippen molar-refractivity contribution in [1.29, 1.82) is 0 Å². The third-order valence-corrected chi connectivity index (χ3v) is 4.87. The first kappa shape index (κ1) is 19.9. The Hall–Kier alpha value is -2.82. The first-order valence-corrected chi connectivity index (χ1v) is 9.55. The summed E-state index contributed by atoms with van der Waals surface area (Å²) in [4.78, 5) is 13.1. The first-order valence-electron chi connectivity index (χ1n) is 9.17. The van der Waals surface area contributed by atoms with Crippen LogP contribution in [0.15, 0.2) is 78.9 Å². The first-order chi connectivity index (χ1) is 13.6. The van der Waals surface area contributed by atoms with Gasteiger partial charge < -0.3 is 15.4 Å². The van der Waals surface area contributed by atoms with Gasteiger partial charge in [-0.15, -0.1) is 0 Å². The molecule has 0 saturated heterocycles. The number of quaternary nitrogens is 1. The zero-order valence-electron chi connectivity index (χ0n) is 15.9. The van der Waals surface area contributed by atoms with E-state index < -0.39 is 6.04 Å². The molecule has 0 bridgehead atoms. The number of methoxy groups -OCH3 is 1. The molecule has 3 rings (SSSR count). The Bertz CT molecular complexity index is 931. The van der Waals surface area contributed by atoms with Crippen molar-refractivity contribution in [2.24, 2.45) is 0 Å². The zero-order chi connectivity index (χ0) is 19.9. The Morgan fingerprint density at radius 1 is 0.964 bits per heavy atom. The van der Waals surface area contributed by atoms with Crippen LogP contribution in [0.25, 0.3) is 0 Å².